The van der Waals surface area contributed by atoms with E-state index in [1.165, 1.54) is 6.08 Å². The summed E-state index contributed by atoms with van der Waals surface area (Å²) < 4.78 is 4.94. The van der Waals surface area contributed by atoms with Crippen LogP contribution in [0.1, 0.15) is 25.8 Å². The third-order valence-electron chi connectivity index (χ3n) is 2.54. The first kappa shape index (κ1) is 17.5. The van der Waals surface area contributed by atoms with E-state index >= 15 is 0 Å². The minimum atomic E-state index is -0.700. The van der Waals surface area contributed by atoms with Crippen LogP contribution in [0.15, 0.2) is 24.3 Å². The number of benzene rings is 1. The molecule has 0 fully saturated rings. The molecule has 1 aromatic rings. The van der Waals surface area contributed by atoms with Crippen LogP contribution >= 0.6 is 23.2 Å². The molecule has 6 heteroatoms. The van der Waals surface area contributed by atoms with Crippen molar-refractivity contribution >= 4 is 41.2 Å². The van der Waals surface area contributed by atoms with Crippen molar-refractivity contribution < 1.29 is 14.3 Å². The zero-order valence-corrected chi connectivity index (χ0v) is 13.4. The molecule has 0 unspecified atom stereocenters. The van der Waals surface area contributed by atoms with Gasteiger partial charge in [-0.25, -0.2) is 4.79 Å². The number of carbonyl (C=O) groups excluding carboxylic acids is 2. The van der Waals surface area contributed by atoms with Gasteiger partial charge in [-0.15, -0.1) is 0 Å². The highest BCUT2D eigenvalue weighted by Gasteiger charge is 2.15. The Morgan fingerprint density at radius 1 is 1.38 bits per heavy atom. The number of hydrogen-bond donors (Lipinski definition) is 1. The summed E-state index contributed by atoms with van der Waals surface area (Å²) in [4.78, 5) is 23.2. The van der Waals surface area contributed by atoms with E-state index in [2.05, 4.69) is 5.32 Å². The number of halogens is 2. The van der Waals surface area contributed by atoms with Crippen LogP contribution < -0.4 is 5.32 Å². The molecule has 0 spiro atoms. The maximum absolute atomic E-state index is 11.7. The Hall–Kier alpha value is -1.52. The van der Waals surface area contributed by atoms with Crippen molar-refractivity contribution in [2.45, 2.75) is 26.3 Å². The van der Waals surface area contributed by atoms with E-state index in [1.54, 1.807) is 31.2 Å². The van der Waals surface area contributed by atoms with Gasteiger partial charge in [0.05, 0.1) is 6.61 Å². The van der Waals surface area contributed by atoms with Gasteiger partial charge in [-0.05, 0) is 37.1 Å². The van der Waals surface area contributed by atoms with E-state index < -0.39 is 17.9 Å². The first-order valence-corrected chi connectivity index (χ1v) is 7.30. The minimum absolute atomic E-state index is 0.343. The quantitative estimate of drug-likeness (QED) is 0.642. The second-order valence-corrected chi connectivity index (χ2v) is 5.24. The third kappa shape index (κ3) is 6.19. The van der Waals surface area contributed by atoms with Crippen LogP contribution in [-0.4, -0.2) is 24.5 Å². The van der Waals surface area contributed by atoms with Gasteiger partial charge >= 0.3 is 5.97 Å². The molecule has 0 aliphatic carbocycles. The molecule has 114 valence electrons. The third-order valence-corrected chi connectivity index (χ3v) is 3.10. The normalized spacial score (nSPS) is 12.2. The highest BCUT2D eigenvalue weighted by molar-refractivity contribution is 6.35. The van der Waals surface area contributed by atoms with Crippen LogP contribution in [0.5, 0.6) is 0 Å². The first-order valence-electron chi connectivity index (χ1n) is 6.54. The highest BCUT2D eigenvalue weighted by atomic mass is 35.5. The molecule has 4 nitrogen and oxygen atoms in total. The second-order valence-electron chi connectivity index (χ2n) is 4.40. The molecule has 0 saturated carbocycles. The summed E-state index contributed by atoms with van der Waals surface area (Å²) in [6.45, 7) is 3.81. The largest absolute Gasteiger partial charge is 0.464 e. The number of nitrogens with one attached hydrogen (secondary N) is 1. The molecular formula is C15H17Cl2NO3. The molecule has 0 aliphatic rings. The molecule has 0 saturated heterocycles. The van der Waals surface area contributed by atoms with E-state index in [0.717, 1.165) is 6.42 Å². The lowest BCUT2D eigenvalue weighted by molar-refractivity contribution is -0.146. The molecular weight excluding hydrogens is 313 g/mol. The second kappa shape index (κ2) is 8.70. The fraction of sp³-hybridized carbons (Fsp3) is 0.333. The maximum Gasteiger partial charge on any atom is 0.328 e. The van der Waals surface area contributed by atoms with E-state index in [9.17, 15) is 9.59 Å². The molecule has 1 rings (SSSR count). The molecule has 0 aliphatic heterocycles. The van der Waals surface area contributed by atoms with Crippen molar-refractivity contribution in [3.05, 3.63) is 39.9 Å². The predicted molar refractivity (Wildman–Crippen MR) is 84.4 cm³/mol. The van der Waals surface area contributed by atoms with Crippen LogP contribution in [-0.2, 0) is 14.3 Å². The van der Waals surface area contributed by atoms with Crippen LogP contribution in [0.25, 0.3) is 6.08 Å². The van der Waals surface area contributed by atoms with Crippen LogP contribution in [0.4, 0.5) is 0 Å². The van der Waals surface area contributed by atoms with E-state index in [1.807, 2.05) is 6.92 Å². The number of esters is 1. The number of carbonyl (C=O) groups is 2. The number of rotatable bonds is 6. The predicted octanol–water partition coefficient (Wildman–Crippen LogP) is 3.46. The van der Waals surface area contributed by atoms with Gasteiger partial charge in [-0.3, -0.25) is 4.79 Å². The standard InChI is InChI=1S/C15H17Cl2NO3/c1-3-8-21-15(20)10(2)18-14(19)7-5-11-4-6-12(16)9-13(11)17/h4-7,9-10H,3,8H2,1-2H3,(H,18,19)/b7-5+/t10-/m0/s1. The van der Waals surface area contributed by atoms with Gasteiger partial charge in [0.1, 0.15) is 6.04 Å². The van der Waals surface area contributed by atoms with Crippen molar-refractivity contribution in [2.75, 3.05) is 6.61 Å². The Morgan fingerprint density at radius 2 is 2.10 bits per heavy atom. The van der Waals surface area contributed by atoms with E-state index in [-0.39, 0.29) is 0 Å². The molecule has 0 heterocycles. The molecule has 1 amide bonds. The smallest absolute Gasteiger partial charge is 0.328 e. The van der Waals surface area contributed by atoms with Crippen molar-refractivity contribution in [1.29, 1.82) is 0 Å². The summed E-state index contributed by atoms with van der Waals surface area (Å²) in [6.07, 6.45) is 3.60. The molecule has 0 radical (unpaired) electrons. The summed E-state index contributed by atoms with van der Waals surface area (Å²) in [6, 6.07) is 4.27. The van der Waals surface area contributed by atoms with Crippen LogP contribution in [0.2, 0.25) is 10.0 Å². The summed E-state index contributed by atoms with van der Waals surface area (Å²) >= 11 is 11.8. The maximum atomic E-state index is 11.7. The lowest BCUT2D eigenvalue weighted by atomic mass is 10.2. The van der Waals surface area contributed by atoms with Crippen LogP contribution in [0, 0.1) is 0 Å². The van der Waals surface area contributed by atoms with Gasteiger partial charge in [0.2, 0.25) is 5.91 Å². The fourth-order valence-electron chi connectivity index (χ4n) is 1.45. The Morgan fingerprint density at radius 3 is 2.71 bits per heavy atom. The minimum Gasteiger partial charge on any atom is -0.464 e. The van der Waals surface area contributed by atoms with Crippen molar-refractivity contribution in [2.24, 2.45) is 0 Å². The van der Waals surface area contributed by atoms with Gasteiger partial charge in [0, 0.05) is 16.1 Å². The average Bonchev–Trinajstić information content (AvgIpc) is 2.43. The van der Waals surface area contributed by atoms with Gasteiger partial charge in [0.15, 0.2) is 0 Å². The molecule has 1 N–H and O–H groups in total. The zero-order valence-electron chi connectivity index (χ0n) is 11.9. The molecule has 21 heavy (non-hydrogen) atoms. The number of ether oxygens (including phenoxy) is 1. The van der Waals surface area contributed by atoms with E-state index in [4.69, 9.17) is 27.9 Å². The highest BCUT2D eigenvalue weighted by Crippen LogP contribution is 2.21. The van der Waals surface area contributed by atoms with Crippen LogP contribution in [0.3, 0.4) is 0 Å². The van der Waals surface area contributed by atoms with E-state index in [0.29, 0.717) is 22.2 Å². The van der Waals surface area contributed by atoms with Crippen molar-refractivity contribution in [1.82, 2.24) is 5.32 Å². The number of hydrogen-bond acceptors (Lipinski definition) is 3. The molecule has 0 aromatic heterocycles. The molecule has 0 bridgehead atoms. The van der Waals surface area contributed by atoms with Gasteiger partial charge in [-0.1, -0.05) is 36.2 Å². The van der Waals surface area contributed by atoms with Gasteiger partial charge in [0.25, 0.3) is 0 Å². The lowest BCUT2D eigenvalue weighted by Crippen LogP contribution is -2.38. The summed E-state index contributed by atoms with van der Waals surface area (Å²) in [7, 11) is 0. The Kier molecular flexibility index (Phi) is 7.26. The van der Waals surface area contributed by atoms with Gasteiger partial charge in [-0.2, -0.15) is 0 Å². The zero-order chi connectivity index (χ0) is 15.8. The summed E-state index contributed by atoms with van der Waals surface area (Å²) in [5.41, 5.74) is 0.664. The molecule has 1 aromatic carbocycles. The summed E-state index contributed by atoms with van der Waals surface area (Å²) in [5, 5.41) is 3.49. The topological polar surface area (TPSA) is 55.4 Å². The summed E-state index contributed by atoms with van der Waals surface area (Å²) in [5.74, 6) is -0.856. The Labute approximate surface area is 134 Å². The Bertz CT molecular complexity index is 544. The SMILES string of the molecule is CCCOC(=O)[C@H](C)NC(=O)/C=C/c1ccc(Cl)cc1Cl. The number of amides is 1. The van der Waals surface area contributed by atoms with Crippen molar-refractivity contribution in [3.63, 3.8) is 0 Å². The average molecular weight is 330 g/mol. The Balaban J connectivity index is 2.56. The molecule has 1 atom stereocenters. The van der Waals surface area contributed by atoms with Crippen molar-refractivity contribution in [3.8, 4) is 0 Å². The first-order chi connectivity index (χ1) is 9.93. The monoisotopic (exact) mass is 329 g/mol. The lowest BCUT2D eigenvalue weighted by Gasteiger charge is -2.11. The van der Waals surface area contributed by atoms with Gasteiger partial charge < -0.3 is 10.1 Å². The fourth-order valence-corrected chi connectivity index (χ4v) is 1.92.